The fourth-order valence-electron chi connectivity index (χ4n) is 2.01. The molecule has 1 aliphatic heterocycles. The molecule has 0 bridgehead atoms. The van der Waals surface area contributed by atoms with Crippen molar-refractivity contribution in [3.05, 3.63) is 16.3 Å². The molecule has 0 aliphatic carbocycles. The Hall–Kier alpha value is -1.21. The molecule has 0 radical (unpaired) electrons. The highest BCUT2D eigenvalue weighted by molar-refractivity contribution is 7.99. The number of thioether (sulfide) groups is 1. The SMILES string of the molecule is COc1ccsc1C(=O)NC1(C(=O)O)CCSCC1. The first-order chi connectivity index (χ1) is 9.09. The van der Waals surface area contributed by atoms with Crippen LogP contribution in [0.1, 0.15) is 22.5 Å². The molecular formula is C12H15NO4S2. The molecule has 1 saturated heterocycles. The van der Waals surface area contributed by atoms with Crippen LogP contribution < -0.4 is 10.1 Å². The number of amides is 1. The third kappa shape index (κ3) is 2.87. The van der Waals surface area contributed by atoms with Crippen LogP contribution in [0.15, 0.2) is 11.4 Å². The van der Waals surface area contributed by atoms with E-state index in [0.717, 1.165) is 11.5 Å². The van der Waals surface area contributed by atoms with Gasteiger partial charge in [-0.05, 0) is 35.8 Å². The molecule has 2 heterocycles. The number of carbonyl (C=O) groups is 2. The topological polar surface area (TPSA) is 75.6 Å². The van der Waals surface area contributed by atoms with E-state index in [9.17, 15) is 14.7 Å². The van der Waals surface area contributed by atoms with E-state index in [2.05, 4.69) is 5.32 Å². The molecule has 1 fully saturated rings. The number of ether oxygens (including phenoxy) is 1. The third-order valence-corrected chi connectivity index (χ3v) is 5.04. The van der Waals surface area contributed by atoms with Crippen molar-refractivity contribution in [2.45, 2.75) is 18.4 Å². The zero-order valence-electron chi connectivity index (χ0n) is 10.5. The Kier molecular flexibility index (Phi) is 4.36. The van der Waals surface area contributed by atoms with Crippen LogP contribution in [-0.2, 0) is 4.79 Å². The molecule has 2 rings (SSSR count). The molecule has 1 amide bonds. The van der Waals surface area contributed by atoms with Gasteiger partial charge in [0.1, 0.15) is 16.2 Å². The van der Waals surface area contributed by atoms with Gasteiger partial charge in [0.2, 0.25) is 0 Å². The number of hydrogen-bond acceptors (Lipinski definition) is 5. The van der Waals surface area contributed by atoms with Crippen molar-refractivity contribution in [3.8, 4) is 5.75 Å². The molecule has 1 aliphatic rings. The Morgan fingerprint density at radius 1 is 1.42 bits per heavy atom. The first-order valence-corrected chi connectivity index (χ1v) is 7.87. The zero-order valence-corrected chi connectivity index (χ0v) is 12.1. The van der Waals surface area contributed by atoms with Crippen LogP contribution in [0.2, 0.25) is 0 Å². The number of methoxy groups -OCH3 is 1. The summed E-state index contributed by atoms with van der Waals surface area (Å²) in [6, 6.07) is 1.70. The van der Waals surface area contributed by atoms with E-state index in [-0.39, 0.29) is 5.91 Å². The molecular weight excluding hydrogens is 286 g/mol. The molecule has 104 valence electrons. The molecule has 1 aromatic rings. The molecule has 5 nitrogen and oxygen atoms in total. The van der Waals surface area contributed by atoms with Crippen LogP contribution in [0.4, 0.5) is 0 Å². The second-order valence-electron chi connectivity index (χ2n) is 4.27. The first-order valence-electron chi connectivity index (χ1n) is 5.84. The number of hydrogen-bond donors (Lipinski definition) is 2. The van der Waals surface area contributed by atoms with Gasteiger partial charge in [-0.2, -0.15) is 11.8 Å². The minimum Gasteiger partial charge on any atom is -0.495 e. The number of rotatable bonds is 4. The Morgan fingerprint density at radius 2 is 2.11 bits per heavy atom. The van der Waals surface area contributed by atoms with Gasteiger partial charge >= 0.3 is 5.97 Å². The van der Waals surface area contributed by atoms with Crippen LogP contribution in [0, 0.1) is 0 Å². The van der Waals surface area contributed by atoms with Gasteiger partial charge in [0, 0.05) is 0 Å². The summed E-state index contributed by atoms with van der Waals surface area (Å²) >= 11 is 2.96. The summed E-state index contributed by atoms with van der Waals surface area (Å²) in [5.41, 5.74) is -1.14. The summed E-state index contributed by atoms with van der Waals surface area (Å²) < 4.78 is 5.09. The second-order valence-corrected chi connectivity index (χ2v) is 6.41. The summed E-state index contributed by atoms with van der Waals surface area (Å²) in [7, 11) is 1.49. The molecule has 0 atom stereocenters. The highest BCUT2D eigenvalue weighted by Crippen LogP contribution is 2.30. The molecule has 0 saturated carbocycles. The predicted molar refractivity (Wildman–Crippen MR) is 75.3 cm³/mol. The average Bonchev–Trinajstić information content (AvgIpc) is 2.88. The Balaban J connectivity index is 2.18. The maximum absolute atomic E-state index is 12.2. The van der Waals surface area contributed by atoms with E-state index in [1.54, 1.807) is 23.2 Å². The molecule has 7 heteroatoms. The minimum atomic E-state index is -1.14. The van der Waals surface area contributed by atoms with Gasteiger partial charge in [-0.15, -0.1) is 11.3 Å². The Bertz CT molecular complexity index is 480. The van der Waals surface area contributed by atoms with Gasteiger partial charge in [0.15, 0.2) is 0 Å². The summed E-state index contributed by atoms with van der Waals surface area (Å²) in [4.78, 5) is 24.1. The lowest BCUT2D eigenvalue weighted by Crippen LogP contribution is -2.56. The van der Waals surface area contributed by atoms with Crippen molar-refractivity contribution in [2.24, 2.45) is 0 Å². The molecule has 2 N–H and O–H groups in total. The number of carboxylic acid groups (broad SMARTS) is 1. The highest BCUT2D eigenvalue weighted by Gasteiger charge is 2.41. The van der Waals surface area contributed by atoms with E-state index in [0.29, 0.717) is 23.5 Å². The van der Waals surface area contributed by atoms with Crippen molar-refractivity contribution in [2.75, 3.05) is 18.6 Å². The van der Waals surface area contributed by atoms with Gasteiger partial charge in [0.05, 0.1) is 7.11 Å². The quantitative estimate of drug-likeness (QED) is 0.887. The smallest absolute Gasteiger partial charge is 0.329 e. The Labute approximate surface area is 119 Å². The summed E-state index contributed by atoms with van der Waals surface area (Å²) in [6.07, 6.45) is 0.902. The van der Waals surface area contributed by atoms with Crippen LogP contribution >= 0.6 is 23.1 Å². The van der Waals surface area contributed by atoms with Gasteiger partial charge in [0.25, 0.3) is 5.91 Å². The normalized spacial score (nSPS) is 17.7. The fourth-order valence-corrected chi connectivity index (χ4v) is 3.95. The number of nitrogens with one attached hydrogen (secondary N) is 1. The van der Waals surface area contributed by atoms with Crippen molar-refractivity contribution in [1.82, 2.24) is 5.32 Å². The molecule has 0 aromatic carbocycles. The van der Waals surface area contributed by atoms with Crippen molar-refractivity contribution >= 4 is 35.0 Å². The van der Waals surface area contributed by atoms with Crippen molar-refractivity contribution < 1.29 is 19.4 Å². The standard InChI is InChI=1S/C12H15NO4S2/c1-17-8-2-5-19-9(8)10(14)13-12(11(15)16)3-6-18-7-4-12/h2,5H,3-4,6-7H2,1H3,(H,13,14)(H,15,16). The highest BCUT2D eigenvalue weighted by atomic mass is 32.2. The number of carboxylic acids is 1. The van der Waals surface area contributed by atoms with Crippen molar-refractivity contribution in [3.63, 3.8) is 0 Å². The van der Waals surface area contributed by atoms with Gasteiger partial charge < -0.3 is 15.2 Å². The lowest BCUT2D eigenvalue weighted by Gasteiger charge is -2.33. The van der Waals surface area contributed by atoms with E-state index < -0.39 is 11.5 Å². The van der Waals surface area contributed by atoms with Crippen LogP contribution in [0.25, 0.3) is 0 Å². The number of aliphatic carboxylic acids is 1. The number of carbonyl (C=O) groups excluding carboxylic acids is 1. The predicted octanol–water partition coefficient (Wildman–Crippen LogP) is 1.84. The second kappa shape index (κ2) is 5.83. The van der Waals surface area contributed by atoms with E-state index in [1.165, 1.54) is 18.4 Å². The van der Waals surface area contributed by atoms with Crippen LogP contribution in [0.3, 0.4) is 0 Å². The maximum atomic E-state index is 12.2. The van der Waals surface area contributed by atoms with Gasteiger partial charge in [-0.25, -0.2) is 4.79 Å². The monoisotopic (exact) mass is 301 g/mol. The summed E-state index contributed by atoms with van der Waals surface area (Å²) in [5.74, 6) is 0.633. The molecule has 0 spiro atoms. The van der Waals surface area contributed by atoms with Gasteiger partial charge in [-0.3, -0.25) is 4.79 Å². The lowest BCUT2D eigenvalue weighted by molar-refractivity contribution is -0.144. The Morgan fingerprint density at radius 3 is 2.68 bits per heavy atom. The van der Waals surface area contributed by atoms with Crippen LogP contribution in [-0.4, -0.2) is 41.1 Å². The summed E-state index contributed by atoms with van der Waals surface area (Å²) in [6.45, 7) is 0. The first kappa shape index (κ1) is 14.2. The molecule has 19 heavy (non-hydrogen) atoms. The molecule has 1 aromatic heterocycles. The zero-order chi connectivity index (χ0) is 13.9. The van der Waals surface area contributed by atoms with E-state index >= 15 is 0 Å². The van der Waals surface area contributed by atoms with Gasteiger partial charge in [-0.1, -0.05) is 0 Å². The van der Waals surface area contributed by atoms with Crippen LogP contribution in [0.5, 0.6) is 5.75 Å². The largest absolute Gasteiger partial charge is 0.495 e. The van der Waals surface area contributed by atoms with Crippen molar-refractivity contribution in [1.29, 1.82) is 0 Å². The lowest BCUT2D eigenvalue weighted by atomic mass is 9.92. The maximum Gasteiger partial charge on any atom is 0.329 e. The average molecular weight is 301 g/mol. The van der Waals surface area contributed by atoms with E-state index in [1.807, 2.05) is 0 Å². The van der Waals surface area contributed by atoms with E-state index in [4.69, 9.17) is 4.74 Å². The minimum absolute atomic E-state index is 0.374. The third-order valence-electron chi connectivity index (χ3n) is 3.16. The summed E-state index contributed by atoms with van der Waals surface area (Å²) in [5, 5.41) is 13.8. The fraction of sp³-hybridized carbons (Fsp3) is 0.500. The number of thiophene rings is 1. The molecule has 0 unspecified atom stereocenters.